The highest BCUT2D eigenvalue weighted by molar-refractivity contribution is 5.97. The molecule has 0 aliphatic rings. The molecule has 18 heteroatoms. The number of hydrogen-bond donors (Lipinski definition) is 11. The molecule has 3 aromatic rings. The van der Waals surface area contributed by atoms with E-state index in [1.807, 2.05) is 24.3 Å². The number of carboxylic acids is 1. The molecule has 334 valence electrons. The number of nitrogens with one attached hydrogen (secondary N) is 7. The average Bonchev–Trinajstić information content (AvgIpc) is 3.62. The third-order valence-electron chi connectivity index (χ3n) is 10.1. The van der Waals surface area contributed by atoms with E-state index in [0.29, 0.717) is 24.9 Å². The predicted molar refractivity (Wildman–Crippen MR) is 229 cm³/mol. The monoisotopic (exact) mass is 849 g/mol. The summed E-state index contributed by atoms with van der Waals surface area (Å²) in [5, 5.41) is 36.7. The van der Waals surface area contributed by atoms with Crippen molar-refractivity contribution in [3.63, 3.8) is 0 Å². The van der Waals surface area contributed by atoms with E-state index in [4.69, 9.17) is 11.5 Å². The van der Waals surface area contributed by atoms with Crippen molar-refractivity contribution >= 4 is 52.3 Å². The first-order valence-electron chi connectivity index (χ1n) is 20.7. The molecule has 6 amide bonds. The van der Waals surface area contributed by atoms with Crippen LogP contribution in [-0.2, 0) is 46.4 Å². The summed E-state index contributed by atoms with van der Waals surface area (Å²) in [5.74, 6) is -6.38. The van der Waals surface area contributed by atoms with Crippen LogP contribution in [-0.4, -0.2) is 112 Å². The van der Waals surface area contributed by atoms with E-state index < -0.39 is 89.7 Å². The molecule has 3 rings (SSSR count). The molecule has 0 saturated heterocycles. The van der Waals surface area contributed by atoms with Crippen molar-refractivity contribution in [3.8, 4) is 0 Å². The first-order valence-corrected chi connectivity index (χ1v) is 20.7. The summed E-state index contributed by atoms with van der Waals surface area (Å²) in [6.45, 7) is 8.07. The number of aliphatic carboxylic acids is 1. The summed E-state index contributed by atoms with van der Waals surface area (Å²) in [6, 6.07) is 8.58. The molecule has 18 nitrogen and oxygen atoms in total. The van der Waals surface area contributed by atoms with E-state index in [1.54, 1.807) is 64.2 Å². The Morgan fingerprint density at radius 2 is 1.20 bits per heavy atom. The van der Waals surface area contributed by atoms with Crippen LogP contribution in [0.3, 0.4) is 0 Å². The van der Waals surface area contributed by atoms with Crippen molar-refractivity contribution in [2.45, 2.75) is 115 Å². The van der Waals surface area contributed by atoms with Gasteiger partial charge in [0.15, 0.2) is 0 Å². The second-order valence-corrected chi connectivity index (χ2v) is 16.0. The topological polar surface area (TPSA) is 300 Å². The van der Waals surface area contributed by atoms with Gasteiger partial charge in [0.05, 0.1) is 12.6 Å². The summed E-state index contributed by atoms with van der Waals surface area (Å²) in [6.07, 6.45) is 1.56. The van der Waals surface area contributed by atoms with E-state index in [9.17, 15) is 43.8 Å². The van der Waals surface area contributed by atoms with Gasteiger partial charge >= 0.3 is 5.97 Å². The van der Waals surface area contributed by atoms with E-state index >= 15 is 0 Å². The number of carbonyl (C=O) groups excluding carboxylic acids is 6. The predicted octanol–water partition coefficient (Wildman–Crippen LogP) is 0.117. The number of hydrogen-bond acceptors (Lipinski definition) is 10. The van der Waals surface area contributed by atoms with E-state index in [2.05, 4.69) is 36.9 Å². The van der Waals surface area contributed by atoms with Crippen LogP contribution < -0.4 is 43.4 Å². The summed E-state index contributed by atoms with van der Waals surface area (Å²) in [4.78, 5) is 96.7. The second-order valence-electron chi connectivity index (χ2n) is 16.0. The van der Waals surface area contributed by atoms with Crippen LogP contribution in [0.25, 0.3) is 10.9 Å². The van der Waals surface area contributed by atoms with Crippen LogP contribution in [0.5, 0.6) is 0 Å². The molecule has 0 radical (unpaired) electrons. The molecule has 2 aromatic carbocycles. The van der Waals surface area contributed by atoms with Gasteiger partial charge in [-0.2, -0.15) is 0 Å². The molecule has 1 heterocycles. The van der Waals surface area contributed by atoms with Crippen LogP contribution in [0, 0.1) is 11.8 Å². The Bertz CT molecular complexity index is 1940. The van der Waals surface area contributed by atoms with Gasteiger partial charge in [-0.3, -0.25) is 28.8 Å². The lowest BCUT2D eigenvalue weighted by Gasteiger charge is -2.29. The second kappa shape index (κ2) is 24.4. The number of rotatable bonds is 25. The highest BCUT2D eigenvalue weighted by Gasteiger charge is 2.36. The molecule has 7 atom stereocenters. The molecule has 0 bridgehead atoms. The zero-order valence-electron chi connectivity index (χ0n) is 35.5. The van der Waals surface area contributed by atoms with Gasteiger partial charge < -0.3 is 58.6 Å². The lowest BCUT2D eigenvalue weighted by atomic mass is 9.99. The fourth-order valence-electron chi connectivity index (χ4n) is 6.74. The van der Waals surface area contributed by atoms with Crippen LogP contribution in [0.1, 0.15) is 71.4 Å². The van der Waals surface area contributed by atoms with Crippen molar-refractivity contribution in [2.75, 3.05) is 13.1 Å². The summed E-state index contributed by atoms with van der Waals surface area (Å²) < 4.78 is 0. The number of carboxylic acid groups (broad SMARTS) is 1. The Hall–Kier alpha value is -5.85. The van der Waals surface area contributed by atoms with Gasteiger partial charge in [0, 0.05) is 29.9 Å². The molecule has 0 aliphatic heterocycles. The number of H-pyrrole nitrogens is 1. The minimum Gasteiger partial charge on any atom is -0.480 e. The number of aliphatic hydroxyl groups excluding tert-OH is 1. The van der Waals surface area contributed by atoms with Gasteiger partial charge in [-0.1, -0.05) is 76.2 Å². The van der Waals surface area contributed by atoms with Crippen LogP contribution in [0.2, 0.25) is 0 Å². The number of para-hydroxylation sites is 1. The van der Waals surface area contributed by atoms with Crippen molar-refractivity contribution in [1.29, 1.82) is 0 Å². The average molecular weight is 850 g/mol. The molecular weight excluding hydrogens is 787 g/mol. The van der Waals surface area contributed by atoms with Gasteiger partial charge in [0.25, 0.3) is 0 Å². The molecular formula is C43H63N9O9. The fraction of sp³-hybridized carbons (Fsp3) is 0.512. The van der Waals surface area contributed by atoms with Crippen molar-refractivity contribution in [1.82, 2.24) is 36.9 Å². The van der Waals surface area contributed by atoms with E-state index in [-0.39, 0.29) is 38.1 Å². The molecule has 0 saturated carbocycles. The standard InChI is InChI=1S/C43H63N9O9/c1-24(2)19-34(43(60)61)50-42(59)37(26(5)53)52-41(58)36(25(3)4)51-40(57)32(20-27-13-7-6-8-14-27)49-38(55)31(17-11-12-18-44)48-39(56)33(47-35(54)22-45)21-28-23-46-30-16-10-9-15-29(28)30/h6-10,13-16,23-26,31-34,36-37,46,53H,11-12,17-22,44-45H2,1-5H3,(H,47,54)(H,48,56)(H,49,55)(H,50,59)(H,51,57)(H,52,58)(H,60,61)/t26-,31+,32+,33+,34+,36+,37+/m1/s1. The maximum absolute atomic E-state index is 14.2. The molecule has 13 N–H and O–H groups in total. The maximum Gasteiger partial charge on any atom is 0.326 e. The quantitative estimate of drug-likeness (QED) is 0.0509. The Morgan fingerprint density at radius 1 is 0.639 bits per heavy atom. The van der Waals surface area contributed by atoms with E-state index in [0.717, 1.165) is 16.5 Å². The van der Waals surface area contributed by atoms with Crippen molar-refractivity contribution in [3.05, 3.63) is 71.9 Å². The van der Waals surface area contributed by atoms with Gasteiger partial charge in [-0.25, -0.2) is 4.79 Å². The van der Waals surface area contributed by atoms with Gasteiger partial charge in [0.1, 0.15) is 36.3 Å². The Morgan fingerprint density at radius 3 is 1.80 bits per heavy atom. The summed E-state index contributed by atoms with van der Waals surface area (Å²) in [5.41, 5.74) is 13.6. The number of fused-ring (bicyclic) bond motifs is 1. The number of nitrogens with two attached hydrogens (primary N) is 2. The smallest absolute Gasteiger partial charge is 0.326 e. The number of amides is 6. The Labute approximate surface area is 356 Å². The number of benzene rings is 2. The summed E-state index contributed by atoms with van der Waals surface area (Å²) >= 11 is 0. The maximum atomic E-state index is 14.2. The zero-order chi connectivity index (χ0) is 45.2. The minimum absolute atomic E-state index is 0.0187. The summed E-state index contributed by atoms with van der Waals surface area (Å²) in [7, 11) is 0. The number of aromatic amines is 1. The molecule has 0 spiro atoms. The van der Waals surface area contributed by atoms with E-state index in [1.165, 1.54) is 6.92 Å². The largest absolute Gasteiger partial charge is 0.480 e. The highest BCUT2D eigenvalue weighted by Crippen LogP contribution is 2.20. The van der Waals surface area contributed by atoms with Gasteiger partial charge in [0.2, 0.25) is 35.4 Å². The lowest BCUT2D eigenvalue weighted by molar-refractivity contribution is -0.143. The van der Waals surface area contributed by atoms with Gasteiger partial charge in [-0.05, 0) is 68.2 Å². The third-order valence-corrected chi connectivity index (χ3v) is 10.1. The highest BCUT2D eigenvalue weighted by atomic mass is 16.4. The van der Waals surface area contributed by atoms with Crippen LogP contribution >= 0.6 is 0 Å². The van der Waals surface area contributed by atoms with Crippen LogP contribution in [0.15, 0.2) is 60.8 Å². The number of aromatic nitrogens is 1. The van der Waals surface area contributed by atoms with Crippen molar-refractivity contribution in [2.24, 2.45) is 23.3 Å². The zero-order valence-corrected chi connectivity index (χ0v) is 35.5. The molecule has 0 fully saturated rings. The molecule has 61 heavy (non-hydrogen) atoms. The number of unbranched alkanes of at least 4 members (excludes halogenated alkanes) is 1. The lowest BCUT2D eigenvalue weighted by Crippen LogP contribution is -2.62. The first-order chi connectivity index (χ1) is 28.9. The number of aliphatic hydroxyl groups is 1. The number of carbonyl (C=O) groups is 7. The fourth-order valence-corrected chi connectivity index (χ4v) is 6.74. The third kappa shape index (κ3) is 15.6. The normalized spacial score (nSPS) is 14.8. The Kier molecular flexibility index (Phi) is 19.8. The molecule has 0 aliphatic carbocycles. The molecule has 1 aromatic heterocycles. The Balaban J connectivity index is 1.88. The minimum atomic E-state index is -1.56. The SMILES string of the molecule is CC(C)C[C@H](NC(=O)[C@@H](NC(=O)[C@@H](NC(=O)[C@H](Cc1ccccc1)NC(=O)[C@H](CCCCN)NC(=O)[C@H](Cc1c[nH]c2ccccc12)NC(=O)CN)C(C)C)[C@@H](C)O)C(=O)O. The first kappa shape index (κ1) is 49.5. The van der Waals surface area contributed by atoms with Gasteiger partial charge in [-0.15, -0.1) is 0 Å². The van der Waals surface area contributed by atoms with Crippen LogP contribution in [0.4, 0.5) is 0 Å². The molecule has 0 unspecified atom stereocenters. The van der Waals surface area contributed by atoms with Crippen molar-refractivity contribution < 1.29 is 43.8 Å².